The van der Waals surface area contributed by atoms with Crippen LogP contribution in [0.1, 0.15) is 20.7 Å². The zero-order chi connectivity index (χ0) is 18.0. The molecule has 0 saturated heterocycles. The van der Waals surface area contributed by atoms with Crippen molar-refractivity contribution in [2.24, 2.45) is 14.1 Å². The number of benzene rings is 1. The summed E-state index contributed by atoms with van der Waals surface area (Å²) in [5, 5.41) is 0. The van der Waals surface area contributed by atoms with E-state index in [2.05, 4.69) is 0 Å². The number of Topliss-reactive ketones (excluding diaryl/α,β-unsaturated/α-hetero) is 1. The minimum absolute atomic E-state index is 0.0468. The molecule has 1 aromatic heterocycles. The first-order valence-corrected chi connectivity index (χ1v) is 6.75. The Hall–Kier alpha value is -3.23. The summed E-state index contributed by atoms with van der Waals surface area (Å²) in [5.74, 6) is -2.54. The van der Waals surface area contributed by atoms with Gasteiger partial charge in [-0.3, -0.25) is 18.7 Å². The number of halogens is 1. The van der Waals surface area contributed by atoms with Gasteiger partial charge in [-0.25, -0.2) is 14.0 Å². The van der Waals surface area contributed by atoms with Gasteiger partial charge in [-0.05, 0) is 24.3 Å². The molecule has 1 heterocycles. The van der Waals surface area contributed by atoms with Crippen molar-refractivity contribution in [3.05, 3.63) is 62.0 Å². The van der Waals surface area contributed by atoms with Crippen molar-refractivity contribution in [2.45, 2.75) is 0 Å². The van der Waals surface area contributed by atoms with Crippen molar-refractivity contribution in [1.82, 2.24) is 9.13 Å². The number of rotatable bonds is 4. The SMILES string of the molecule is Cn1c(N)c(C(=O)COC(=O)c2ccc(F)cc2)c(=O)n(C)c1=O. The van der Waals surface area contributed by atoms with Crippen LogP contribution in [0, 0.1) is 5.82 Å². The monoisotopic (exact) mass is 335 g/mol. The van der Waals surface area contributed by atoms with Gasteiger partial charge in [0, 0.05) is 14.1 Å². The van der Waals surface area contributed by atoms with Crippen molar-refractivity contribution >= 4 is 17.6 Å². The highest BCUT2D eigenvalue weighted by atomic mass is 19.1. The highest BCUT2D eigenvalue weighted by molar-refractivity contribution is 6.02. The van der Waals surface area contributed by atoms with Crippen LogP contribution in [-0.2, 0) is 18.8 Å². The molecule has 0 bridgehead atoms. The Bertz CT molecular complexity index is 928. The van der Waals surface area contributed by atoms with Crippen LogP contribution >= 0.6 is 0 Å². The van der Waals surface area contributed by atoms with Gasteiger partial charge >= 0.3 is 11.7 Å². The van der Waals surface area contributed by atoms with Gasteiger partial charge in [0.25, 0.3) is 5.56 Å². The second-order valence-corrected chi connectivity index (χ2v) is 4.97. The summed E-state index contributed by atoms with van der Waals surface area (Å²) in [5.41, 5.74) is 3.68. The molecule has 1 aromatic carbocycles. The van der Waals surface area contributed by atoms with Crippen LogP contribution < -0.4 is 17.0 Å². The molecule has 0 aliphatic heterocycles. The first-order chi connectivity index (χ1) is 11.2. The van der Waals surface area contributed by atoms with Crippen LogP contribution in [0.15, 0.2) is 33.9 Å². The van der Waals surface area contributed by atoms with Crippen LogP contribution in [0.25, 0.3) is 0 Å². The number of nitrogen functional groups attached to an aromatic ring is 1. The molecule has 0 saturated carbocycles. The third-order valence-corrected chi connectivity index (χ3v) is 3.40. The van der Waals surface area contributed by atoms with Gasteiger partial charge in [0.2, 0.25) is 5.78 Å². The Labute approximate surface area is 134 Å². The maximum Gasteiger partial charge on any atom is 0.338 e. The highest BCUT2D eigenvalue weighted by Gasteiger charge is 2.21. The average molecular weight is 335 g/mol. The van der Waals surface area contributed by atoms with E-state index in [0.717, 1.165) is 21.3 Å². The summed E-state index contributed by atoms with van der Waals surface area (Å²) in [6, 6.07) is 4.53. The first-order valence-electron chi connectivity index (χ1n) is 6.75. The van der Waals surface area contributed by atoms with Crippen molar-refractivity contribution in [3.63, 3.8) is 0 Å². The van der Waals surface area contributed by atoms with Gasteiger partial charge in [0.15, 0.2) is 6.61 Å². The van der Waals surface area contributed by atoms with Crippen molar-refractivity contribution in [3.8, 4) is 0 Å². The Morgan fingerprint density at radius 2 is 1.71 bits per heavy atom. The standard InChI is InChI=1S/C15H14FN3O5/c1-18-12(17)11(13(21)19(2)15(18)23)10(20)7-24-14(22)8-3-5-9(16)6-4-8/h3-6H,7,17H2,1-2H3. The number of ether oxygens (including phenoxy) is 1. The van der Waals surface area contributed by atoms with E-state index in [1.54, 1.807) is 0 Å². The average Bonchev–Trinajstić information content (AvgIpc) is 2.57. The van der Waals surface area contributed by atoms with Crippen molar-refractivity contribution in [1.29, 1.82) is 0 Å². The summed E-state index contributed by atoms with van der Waals surface area (Å²) in [7, 11) is 2.50. The molecular weight excluding hydrogens is 321 g/mol. The number of hydrogen-bond donors (Lipinski definition) is 1. The number of ketones is 1. The molecule has 2 aromatic rings. The molecule has 0 radical (unpaired) electrons. The highest BCUT2D eigenvalue weighted by Crippen LogP contribution is 2.07. The number of nitrogens with two attached hydrogens (primary N) is 1. The van der Waals surface area contributed by atoms with E-state index in [-0.39, 0.29) is 11.4 Å². The van der Waals surface area contributed by atoms with Crippen molar-refractivity contribution in [2.75, 3.05) is 12.3 Å². The molecule has 9 heteroatoms. The number of hydrogen-bond acceptors (Lipinski definition) is 6. The summed E-state index contributed by atoms with van der Waals surface area (Å²) in [6.45, 7) is -0.742. The lowest BCUT2D eigenvalue weighted by molar-refractivity contribution is 0.0474. The van der Waals surface area contributed by atoms with Gasteiger partial charge in [0.1, 0.15) is 17.2 Å². The maximum absolute atomic E-state index is 12.8. The van der Waals surface area contributed by atoms with E-state index in [1.807, 2.05) is 0 Å². The fourth-order valence-corrected chi connectivity index (χ4v) is 1.99. The van der Waals surface area contributed by atoms with Gasteiger partial charge in [-0.15, -0.1) is 0 Å². The minimum Gasteiger partial charge on any atom is -0.454 e. The van der Waals surface area contributed by atoms with Crippen LogP contribution in [-0.4, -0.2) is 27.5 Å². The summed E-state index contributed by atoms with van der Waals surface area (Å²) < 4.78 is 19.3. The van der Waals surface area contributed by atoms with E-state index in [1.165, 1.54) is 26.2 Å². The fourth-order valence-electron chi connectivity index (χ4n) is 1.99. The largest absolute Gasteiger partial charge is 0.454 e. The van der Waals surface area contributed by atoms with E-state index in [4.69, 9.17) is 10.5 Å². The molecule has 126 valence electrons. The zero-order valence-corrected chi connectivity index (χ0v) is 12.9. The van der Waals surface area contributed by atoms with Gasteiger partial charge in [0.05, 0.1) is 5.56 Å². The molecule has 0 atom stereocenters. The Morgan fingerprint density at radius 1 is 1.12 bits per heavy atom. The van der Waals surface area contributed by atoms with E-state index in [0.29, 0.717) is 0 Å². The van der Waals surface area contributed by atoms with Crippen LogP contribution in [0.5, 0.6) is 0 Å². The normalized spacial score (nSPS) is 10.5. The number of aromatic nitrogens is 2. The minimum atomic E-state index is -0.876. The number of carbonyl (C=O) groups excluding carboxylic acids is 2. The Balaban J connectivity index is 2.22. The topological polar surface area (TPSA) is 113 Å². The molecule has 0 spiro atoms. The van der Waals surface area contributed by atoms with E-state index in [9.17, 15) is 23.6 Å². The van der Waals surface area contributed by atoms with Crippen LogP contribution in [0.4, 0.5) is 10.2 Å². The quantitative estimate of drug-likeness (QED) is 0.614. The second-order valence-electron chi connectivity index (χ2n) is 4.97. The molecule has 2 rings (SSSR count). The lowest BCUT2D eigenvalue weighted by atomic mass is 10.2. The smallest absolute Gasteiger partial charge is 0.338 e. The molecule has 0 aliphatic rings. The predicted octanol–water partition coefficient (Wildman–Crippen LogP) is -0.155. The number of anilines is 1. The lowest BCUT2D eigenvalue weighted by Gasteiger charge is -2.11. The molecule has 2 N–H and O–H groups in total. The molecule has 0 unspecified atom stereocenters. The molecule has 0 aliphatic carbocycles. The maximum atomic E-state index is 12.8. The molecule has 24 heavy (non-hydrogen) atoms. The van der Waals surface area contributed by atoms with Crippen LogP contribution in [0.3, 0.4) is 0 Å². The summed E-state index contributed by atoms with van der Waals surface area (Å²) in [4.78, 5) is 47.6. The van der Waals surface area contributed by atoms with Crippen LogP contribution in [0.2, 0.25) is 0 Å². The Morgan fingerprint density at radius 3 is 2.29 bits per heavy atom. The summed E-state index contributed by atoms with van der Waals surface area (Å²) in [6.07, 6.45) is 0. The fraction of sp³-hybridized carbons (Fsp3) is 0.200. The number of carbonyl (C=O) groups is 2. The third-order valence-electron chi connectivity index (χ3n) is 3.40. The number of nitrogens with zero attached hydrogens (tertiary/aromatic N) is 2. The predicted molar refractivity (Wildman–Crippen MR) is 82.3 cm³/mol. The third kappa shape index (κ3) is 3.09. The van der Waals surface area contributed by atoms with E-state index < -0.39 is 41.0 Å². The second kappa shape index (κ2) is 6.49. The van der Waals surface area contributed by atoms with Crippen molar-refractivity contribution < 1.29 is 18.7 Å². The zero-order valence-electron chi connectivity index (χ0n) is 12.9. The van der Waals surface area contributed by atoms with Gasteiger partial charge in [-0.1, -0.05) is 0 Å². The number of esters is 1. The van der Waals surface area contributed by atoms with Gasteiger partial charge in [-0.2, -0.15) is 0 Å². The molecule has 0 fully saturated rings. The lowest BCUT2D eigenvalue weighted by Crippen LogP contribution is -2.42. The first kappa shape index (κ1) is 17.1. The molecule has 8 nitrogen and oxygen atoms in total. The van der Waals surface area contributed by atoms with E-state index >= 15 is 0 Å². The molecular formula is C15H14FN3O5. The molecule has 0 amide bonds. The van der Waals surface area contributed by atoms with Gasteiger partial charge < -0.3 is 10.5 Å². The summed E-state index contributed by atoms with van der Waals surface area (Å²) >= 11 is 0. The Kier molecular flexibility index (Phi) is 4.63.